The smallest absolute Gasteiger partial charge is 1.00 e. The summed E-state index contributed by atoms with van der Waals surface area (Å²) in [5.41, 5.74) is 6.00. The van der Waals surface area contributed by atoms with Crippen LogP contribution in [0.5, 0.6) is 0 Å². The Balaban J connectivity index is 0.00000137. The van der Waals surface area contributed by atoms with E-state index in [1.165, 1.54) is 21.7 Å². The molecule has 2 aliphatic rings. The minimum absolute atomic E-state index is 0. The van der Waals surface area contributed by atoms with Gasteiger partial charge >= 0.3 is 204 Å². The van der Waals surface area contributed by atoms with Crippen molar-refractivity contribution >= 4 is 30.7 Å². The average molecular weight is 664 g/mol. The molecule has 0 saturated heterocycles. The number of hydrogen-bond donors (Lipinski definition) is 0. The van der Waals surface area contributed by atoms with Crippen LogP contribution in [0, 0.1) is 0 Å². The molecule has 4 aromatic carbocycles. The summed E-state index contributed by atoms with van der Waals surface area (Å²) >= 11 is -1.14. The summed E-state index contributed by atoms with van der Waals surface area (Å²) in [6.45, 7) is 0. The van der Waals surface area contributed by atoms with E-state index in [1.54, 1.807) is 16.4 Å². The number of hydrogen-bond acceptors (Lipinski definition) is 0. The molecule has 0 fully saturated rings. The third kappa shape index (κ3) is 4.82. The number of fused-ring (bicyclic) bond motifs is 2. The Labute approximate surface area is 227 Å². The Hall–Kier alpha value is -1.76. The van der Waals surface area contributed by atoms with Gasteiger partial charge in [0.2, 0.25) is 0 Å². The summed E-state index contributed by atoms with van der Waals surface area (Å²) in [5, 5.41) is 4.59. The molecule has 0 spiro atoms. The van der Waals surface area contributed by atoms with Gasteiger partial charge in [-0.15, -0.1) is 0 Å². The molecule has 2 aliphatic carbocycles. The van der Waals surface area contributed by atoms with Crippen LogP contribution < -0.4 is 35.4 Å². The summed E-state index contributed by atoms with van der Waals surface area (Å²) < 4.78 is 1.28. The van der Waals surface area contributed by atoms with E-state index >= 15 is 0 Å². The van der Waals surface area contributed by atoms with Gasteiger partial charge in [-0.25, -0.2) is 0 Å². The number of halogens is 2. The van der Waals surface area contributed by atoms with Crippen LogP contribution in [-0.4, -0.2) is 0 Å². The number of rotatable bonds is 5. The Morgan fingerprint density at radius 1 is 0.559 bits per heavy atom. The van der Waals surface area contributed by atoms with Crippen molar-refractivity contribution in [3.05, 3.63) is 143 Å². The summed E-state index contributed by atoms with van der Waals surface area (Å²) in [5.74, 6) is 0. The molecule has 4 heteroatoms. The molecule has 4 aromatic rings. The van der Waals surface area contributed by atoms with Gasteiger partial charge in [-0.3, -0.25) is 0 Å². The van der Waals surface area contributed by atoms with E-state index in [0.29, 0.717) is 7.35 Å². The summed E-state index contributed by atoms with van der Waals surface area (Å²) in [6.07, 6.45) is 7.40. The molecule has 0 nitrogen and oxygen atoms in total. The first-order valence-corrected chi connectivity index (χ1v) is 16.6. The minimum atomic E-state index is -1.14. The van der Waals surface area contributed by atoms with Gasteiger partial charge in [-0.05, 0) is 0 Å². The van der Waals surface area contributed by atoms with Gasteiger partial charge in [0, 0.05) is 0 Å². The van der Waals surface area contributed by atoms with Gasteiger partial charge in [0.1, 0.15) is 0 Å². The first-order valence-electron chi connectivity index (χ1n) is 11.1. The topological polar surface area (TPSA) is 0 Å². The van der Waals surface area contributed by atoms with Crippen LogP contribution in [0.2, 0.25) is 0 Å². The zero-order valence-corrected chi connectivity index (χ0v) is 24.5. The molecule has 0 aromatic heterocycles. The van der Waals surface area contributed by atoms with Crippen molar-refractivity contribution in [1.82, 2.24) is 0 Å². The molecule has 0 saturated carbocycles. The Bertz CT molecular complexity index is 1280. The maximum absolute atomic E-state index is 2.54. The number of benzene rings is 4. The van der Waals surface area contributed by atoms with Crippen molar-refractivity contribution in [2.75, 3.05) is 0 Å². The fourth-order valence-corrected chi connectivity index (χ4v) is 15.5. The Morgan fingerprint density at radius 3 is 1.74 bits per heavy atom. The second kappa shape index (κ2) is 11.3. The van der Waals surface area contributed by atoms with E-state index in [9.17, 15) is 0 Å². The summed E-state index contributed by atoms with van der Waals surface area (Å²) in [6, 6.07) is 40.5. The quantitative estimate of drug-likeness (QED) is 0.222. The van der Waals surface area contributed by atoms with Gasteiger partial charge in [0.05, 0.1) is 0 Å². The van der Waals surface area contributed by atoms with Crippen molar-refractivity contribution in [3.8, 4) is 0 Å². The zero-order valence-electron chi connectivity index (χ0n) is 18.5. The molecule has 2 unspecified atom stereocenters. The molecule has 0 heterocycles. The molecule has 0 bridgehead atoms. The third-order valence-corrected chi connectivity index (χ3v) is 16.3. The van der Waals surface area contributed by atoms with E-state index in [-0.39, 0.29) is 24.8 Å². The second-order valence-electron chi connectivity index (χ2n) is 8.27. The first-order chi connectivity index (χ1) is 15.9. The van der Waals surface area contributed by atoms with Crippen LogP contribution in [-0.2, 0) is 22.9 Å². The van der Waals surface area contributed by atoms with Crippen LogP contribution in [0.1, 0.15) is 29.6 Å². The summed E-state index contributed by atoms with van der Waals surface area (Å²) in [4.78, 5) is 0. The van der Waals surface area contributed by atoms with Crippen molar-refractivity contribution in [2.45, 2.75) is 7.35 Å². The monoisotopic (exact) mass is 664 g/mol. The van der Waals surface area contributed by atoms with Gasteiger partial charge in [0.15, 0.2) is 0 Å². The van der Waals surface area contributed by atoms with E-state index in [1.807, 2.05) is 0 Å². The molecule has 0 N–H and O–H groups in total. The van der Waals surface area contributed by atoms with Gasteiger partial charge in [-0.2, -0.15) is 0 Å². The Kier molecular flexibility index (Phi) is 8.43. The maximum atomic E-state index is 2.54. The van der Waals surface area contributed by atoms with Gasteiger partial charge in [-0.1, -0.05) is 0 Å². The van der Waals surface area contributed by atoms with Crippen LogP contribution in [0.15, 0.2) is 121 Å². The van der Waals surface area contributed by atoms with Crippen LogP contribution in [0.25, 0.3) is 12.2 Å². The van der Waals surface area contributed by atoms with Crippen molar-refractivity contribution in [2.24, 2.45) is 0 Å². The van der Waals surface area contributed by atoms with Crippen molar-refractivity contribution in [3.63, 3.8) is 0 Å². The van der Waals surface area contributed by atoms with E-state index in [0.717, 1.165) is 0 Å². The average Bonchev–Trinajstić information content (AvgIpc) is 3.43. The van der Waals surface area contributed by atoms with Crippen molar-refractivity contribution in [1.29, 1.82) is 0 Å². The van der Waals surface area contributed by atoms with Gasteiger partial charge in [0.25, 0.3) is 0 Å². The molecule has 0 radical (unpaired) electrons. The summed E-state index contributed by atoms with van der Waals surface area (Å²) in [7, 11) is -0.540. The zero-order chi connectivity index (χ0) is 21.3. The Morgan fingerprint density at radius 2 is 1.09 bits per heavy atom. The minimum Gasteiger partial charge on any atom is -1.00 e. The maximum Gasteiger partial charge on any atom is -1.00 e. The standard InChI is InChI=1S/C21H16P.C9H7.2ClH.Hf/c1-3-11-19(12-4-1)22(20-13-5-2-6-14-20)21-15-17-9-7-8-10-18(17)16-21;1-2-5-9-7-3-6-8(9)4-1;;;/h1-16H;1-7H;2*1H;/q;;;;+2/p-2. The van der Waals surface area contributed by atoms with Crippen molar-refractivity contribution < 1.29 is 47.7 Å². The molecule has 6 rings (SSSR count). The van der Waals surface area contributed by atoms with Crippen LogP contribution in [0.4, 0.5) is 0 Å². The van der Waals surface area contributed by atoms with Gasteiger partial charge < -0.3 is 24.8 Å². The molecular weight excluding hydrogens is 641 g/mol. The predicted octanol–water partition coefficient (Wildman–Crippen LogP) is 1.07. The molecule has 34 heavy (non-hydrogen) atoms. The fourth-order valence-electron chi connectivity index (χ4n) is 4.85. The molecule has 0 amide bonds. The SMILES string of the molecule is C1=C[CH]([Hf+2][CH]2C(P(c3ccccc3)c3ccccc3)=Cc3ccccc32)c2ccccc21.[Cl-].[Cl-]. The van der Waals surface area contributed by atoms with Crippen LogP contribution in [0.3, 0.4) is 0 Å². The molecule has 0 aliphatic heterocycles. The third-order valence-electron chi connectivity index (χ3n) is 6.34. The predicted molar refractivity (Wildman–Crippen MR) is 134 cm³/mol. The normalized spacial score (nSPS) is 17.1. The van der Waals surface area contributed by atoms with E-state index < -0.39 is 30.8 Å². The van der Waals surface area contributed by atoms with Crippen LogP contribution >= 0.6 is 7.92 Å². The molecular formula is C30H23Cl2HfP. The van der Waals surface area contributed by atoms with E-state index in [2.05, 4.69) is 127 Å². The fraction of sp³-hybridized carbons (Fsp3) is 0.0667. The second-order valence-corrected chi connectivity index (χ2v) is 16.0. The first kappa shape index (κ1) is 25.3. The molecule has 2 atom stereocenters. The largest absolute Gasteiger partial charge is 1.00 e. The number of allylic oxidation sites excluding steroid dienone is 2. The molecule has 166 valence electrons. The van der Waals surface area contributed by atoms with E-state index in [4.69, 9.17) is 0 Å².